The zero-order valence-electron chi connectivity index (χ0n) is 18.7. The maximum absolute atomic E-state index is 12.8. The molecule has 1 atom stereocenters. The zero-order chi connectivity index (χ0) is 22.6. The van der Waals surface area contributed by atoms with Crippen LogP contribution in [0.3, 0.4) is 0 Å². The Morgan fingerprint density at radius 3 is 2.97 bits per heavy atom. The Hall–Kier alpha value is -3.62. The minimum absolute atomic E-state index is 0.0632. The van der Waals surface area contributed by atoms with Crippen molar-refractivity contribution in [2.75, 3.05) is 24.8 Å². The molecular formula is C24H28N6O3. The van der Waals surface area contributed by atoms with Crippen molar-refractivity contribution < 1.29 is 14.3 Å². The minimum Gasteiger partial charge on any atom is -0.454 e. The van der Waals surface area contributed by atoms with E-state index in [9.17, 15) is 4.79 Å². The van der Waals surface area contributed by atoms with Crippen LogP contribution in [-0.4, -0.2) is 51.4 Å². The van der Waals surface area contributed by atoms with Gasteiger partial charge in [0.15, 0.2) is 11.5 Å². The van der Waals surface area contributed by atoms with Gasteiger partial charge in [-0.3, -0.25) is 9.36 Å². The molecule has 1 unspecified atom stereocenters. The smallest absolute Gasteiger partial charge is 0.237 e. The number of carbonyl (C=O) groups is 1. The average molecular weight is 449 g/mol. The number of carbonyl (C=O) groups excluding carboxylic acids is 1. The Morgan fingerprint density at radius 1 is 1.18 bits per heavy atom. The van der Waals surface area contributed by atoms with Gasteiger partial charge in [-0.1, -0.05) is 6.07 Å². The van der Waals surface area contributed by atoms with Gasteiger partial charge < -0.3 is 19.7 Å². The number of imidazole rings is 1. The summed E-state index contributed by atoms with van der Waals surface area (Å²) < 4.78 is 12.6. The van der Waals surface area contributed by atoms with E-state index in [1.165, 1.54) is 0 Å². The van der Waals surface area contributed by atoms with Gasteiger partial charge in [0.05, 0.1) is 0 Å². The number of fused-ring (bicyclic) bond motifs is 1. The number of hydrogen-bond donors (Lipinski definition) is 1. The van der Waals surface area contributed by atoms with Crippen LogP contribution >= 0.6 is 0 Å². The van der Waals surface area contributed by atoms with Gasteiger partial charge >= 0.3 is 0 Å². The van der Waals surface area contributed by atoms with E-state index >= 15 is 0 Å². The van der Waals surface area contributed by atoms with Crippen LogP contribution in [-0.2, 0) is 11.2 Å². The van der Waals surface area contributed by atoms with Gasteiger partial charge in [0.25, 0.3) is 0 Å². The first-order valence-corrected chi connectivity index (χ1v) is 11.4. The number of hydrogen-bond acceptors (Lipinski definition) is 7. The number of aryl methyl sites for hydroxylation is 1. The van der Waals surface area contributed by atoms with Gasteiger partial charge in [-0.2, -0.15) is 4.98 Å². The molecule has 3 aromatic rings. The molecule has 0 radical (unpaired) electrons. The molecule has 1 N–H and O–H groups in total. The molecule has 9 heteroatoms. The monoisotopic (exact) mass is 448 g/mol. The van der Waals surface area contributed by atoms with E-state index in [1.807, 2.05) is 37.4 Å². The van der Waals surface area contributed by atoms with Crippen molar-refractivity contribution in [3.8, 4) is 17.4 Å². The first-order valence-electron chi connectivity index (χ1n) is 11.4. The fourth-order valence-corrected chi connectivity index (χ4v) is 4.42. The summed E-state index contributed by atoms with van der Waals surface area (Å²) in [6, 6.07) is 8.02. The van der Waals surface area contributed by atoms with Gasteiger partial charge in [0.2, 0.25) is 18.6 Å². The molecule has 33 heavy (non-hydrogen) atoms. The predicted octanol–water partition coefficient (Wildman–Crippen LogP) is 2.81. The quantitative estimate of drug-likeness (QED) is 0.594. The van der Waals surface area contributed by atoms with E-state index in [2.05, 4.69) is 20.2 Å². The molecule has 2 aliphatic rings. The summed E-state index contributed by atoms with van der Waals surface area (Å²) in [4.78, 5) is 28.4. The average Bonchev–Trinajstić information content (AvgIpc) is 3.51. The van der Waals surface area contributed by atoms with Crippen LogP contribution < -0.4 is 19.7 Å². The highest BCUT2D eigenvalue weighted by Crippen LogP contribution is 2.32. The summed E-state index contributed by atoms with van der Waals surface area (Å²) in [5.41, 5.74) is 2.00. The van der Waals surface area contributed by atoms with E-state index in [-0.39, 0.29) is 18.7 Å². The molecular weight excluding hydrogens is 420 g/mol. The van der Waals surface area contributed by atoms with E-state index in [1.54, 1.807) is 17.1 Å². The number of aromatic nitrogens is 4. The lowest BCUT2D eigenvalue weighted by molar-refractivity contribution is -0.121. The van der Waals surface area contributed by atoms with Gasteiger partial charge in [0, 0.05) is 49.7 Å². The van der Waals surface area contributed by atoms with Crippen molar-refractivity contribution in [3.05, 3.63) is 54.2 Å². The van der Waals surface area contributed by atoms with Gasteiger partial charge in [-0.15, -0.1) is 0 Å². The van der Waals surface area contributed by atoms with Crippen LogP contribution in [0.5, 0.6) is 11.5 Å². The van der Waals surface area contributed by atoms with Crippen molar-refractivity contribution in [1.29, 1.82) is 0 Å². The molecule has 0 saturated carbocycles. The number of amides is 1. The molecule has 0 spiro atoms. The molecule has 0 bridgehead atoms. The normalized spacial score (nSPS) is 17.2. The Labute approximate surface area is 192 Å². The Morgan fingerprint density at radius 2 is 2.09 bits per heavy atom. The highest BCUT2D eigenvalue weighted by molar-refractivity contribution is 5.77. The van der Waals surface area contributed by atoms with Crippen LogP contribution in [0, 0.1) is 6.92 Å². The zero-order valence-corrected chi connectivity index (χ0v) is 18.7. The van der Waals surface area contributed by atoms with Crippen molar-refractivity contribution in [2.45, 2.75) is 45.1 Å². The van der Waals surface area contributed by atoms with Crippen LogP contribution in [0.4, 0.5) is 5.82 Å². The minimum atomic E-state index is 0.0632. The third-order valence-corrected chi connectivity index (χ3v) is 6.08. The summed E-state index contributed by atoms with van der Waals surface area (Å²) in [5.74, 6) is 3.07. The summed E-state index contributed by atoms with van der Waals surface area (Å²) in [7, 11) is 0. The Balaban J connectivity index is 1.21. The number of ether oxygens (including phenoxy) is 2. The summed E-state index contributed by atoms with van der Waals surface area (Å²) >= 11 is 0. The van der Waals surface area contributed by atoms with Gasteiger partial charge in [0.1, 0.15) is 12.1 Å². The topological polar surface area (TPSA) is 94.4 Å². The predicted molar refractivity (Wildman–Crippen MR) is 123 cm³/mol. The molecule has 1 fully saturated rings. The van der Waals surface area contributed by atoms with Crippen LogP contribution in [0.25, 0.3) is 5.95 Å². The molecule has 2 aromatic heterocycles. The summed E-state index contributed by atoms with van der Waals surface area (Å²) in [6.45, 7) is 3.70. The van der Waals surface area contributed by atoms with Gasteiger partial charge in [-0.25, -0.2) is 9.97 Å². The third kappa shape index (κ3) is 4.92. The molecule has 1 amide bonds. The van der Waals surface area contributed by atoms with Crippen molar-refractivity contribution in [2.24, 2.45) is 0 Å². The summed E-state index contributed by atoms with van der Waals surface area (Å²) in [6.07, 6.45) is 9.61. The molecule has 9 nitrogen and oxygen atoms in total. The number of piperidine rings is 1. The fourth-order valence-electron chi connectivity index (χ4n) is 4.42. The highest BCUT2D eigenvalue weighted by Gasteiger charge is 2.26. The molecule has 4 heterocycles. The SMILES string of the molecule is Cc1cc(N2CCCCC2CC(=O)NCCc2ccc3c(c2)OCO3)nc(-n2ccnc2)n1. The number of rotatable bonds is 7. The second kappa shape index (κ2) is 9.48. The summed E-state index contributed by atoms with van der Waals surface area (Å²) in [5, 5.41) is 3.08. The first-order chi connectivity index (χ1) is 16.2. The number of nitrogens with zero attached hydrogens (tertiary/aromatic N) is 5. The molecule has 1 saturated heterocycles. The van der Waals surface area contributed by atoms with E-state index < -0.39 is 0 Å². The lowest BCUT2D eigenvalue weighted by Gasteiger charge is -2.36. The third-order valence-electron chi connectivity index (χ3n) is 6.08. The first kappa shape index (κ1) is 21.2. The lowest BCUT2D eigenvalue weighted by atomic mass is 9.99. The van der Waals surface area contributed by atoms with E-state index in [0.29, 0.717) is 18.9 Å². The van der Waals surface area contributed by atoms with Crippen LogP contribution in [0.15, 0.2) is 43.0 Å². The maximum Gasteiger partial charge on any atom is 0.237 e. The van der Waals surface area contributed by atoms with Crippen LogP contribution in [0.1, 0.15) is 36.9 Å². The van der Waals surface area contributed by atoms with Crippen molar-refractivity contribution in [1.82, 2.24) is 24.8 Å². The second-order valence-corrected chi connectivity index (χ2v) is 8.47. The molecule has 2 aliphatic heterocycles. The second-order valence-electron chi connectivity index (χ2n) is 8.47. The lowest BCUT2D eigenvalue weighted by Crippen LogP contribution is -2.43. The number of benzene rings is 1. The fraction of sp³-hybridized carbons (Fsp3) is 0.417. The van der Waals surface area contributed by atoms with Crippen molar-refractivity contribution in [3.63, 3.8) is 0 Å². The highest BCUT2D eigenvalue weighted by atomic mass is 16.7. The standard InChI is InChI=1S/C24H28N6O3/c1-17-12-22(28-24(27-17)29-11-9-25-15-29)30-10-3-2-4-19(30)14-23(31)26-8-7-18-5-6-20-21(13-18)33-16-32-20/h5-6,9,11-13,15,19H,2-4,7-8,10,14,16H2,1H3,(H,26,31). The maximum atomic E-state index is 12.8. The van der Waals surface area contributed by atoms with E-state index in [4.69, 9.17) is 14.5 Å². The molecule has 172 valence electrons. The Kier molecular flexibility index (Phi) is 6.10. The largest absolute Gasteiger partial charge is 0.454 e. The molecule has 0 aliphatic carbocycles. The van der Waals surface area contributed by atoms with E-state index in [0.717, 1.165) is 60.8 Å². The Bertz CT molecular complexity index is 1120. The number of anilines is 1. The number of nitrogens with one attached hydrogen (secondary N) is 1. The molecule has 5 rings (SSSR count). The van der Waals surface area contributed by atoms with Crippen LogP contribution in [0.2, 0.25) is 0 Å². The van der Waals surface area contributed by atoms with Gasteiger partial charge in [-0.05, 0) is 50.3 Å². The molecule has 1 aromatic carbocycles. The van der Waals surface area contributed by atoms with Crippen molar-refractivity contribution >= 4 is 11.7 Å².